The van der Waals surface area contributed by atoms with Crippen LogP contribution >= 0.6 is 0 Å². The molecule has 2 aromatic heterocycles. The summed E-state index contributed by atoms with van der Waals surface area (Å²) in [4.78, 5) is 29.9. The number of aromatic nitrogens is 2. The molecule has 1 atom stereocenters. The van der Waals surface area contributed by atoms with Crippen molar-refractivity contribution in [3.05, 3.63) is 44.7 Å². The Morgan fingerprint density at radius 1 is 1.13 bits per heavy atom. The van der Waals surface area contributed by atoms with E-state index in [0.717, 1.165) is 29.4 Å². The van der Waals surface area contributed by atoms with Crippen LogP contribution in [-0.2, 0) is 22.7 Å². The first-order valence-electron chi connectivity index (χ1n) is 10.2. The van der Waals surface area contributed by atoms with Crippen LogP contribution in [0.25, 0.3) is 22.3 Å². The lowest BCUT2D eigenvalue weighted by atomic mass is 9.95. The van der Waals surface area contributed by atoms with Gasteiger partial charge in [-0.15, -0.1) is 0 Å². The molecule has 1 fully saturated rings. The SMILES string of the molecule is Nc1c2c(cc3nc4c(c(C5CC5)c13)Cn1c-4cc3c(c1=O)COC(=O)C3O)OCO2. The maximum absolute atomic E-state index is 13.2. The average Bonchev–Trinajstić information content (AvgIpc) is 3.37. The van der Waals surface area contributed by atoms with Gasteiger partial charge in [0.05, 0.1) is 34.7 Å². The van der Waals surface area contributed by atoms with Crippen LogP contribution in [0.1, 0.15) is 47.1 Å². The number of ether oxygens (including phenoxy) is 3. The van der Waals surface area contributed by atoms with Crippen LogP contribution in [-0.4, -0.2) is 27.4 Å². The zero-order valence-corrected chi connectivity index (χ0v) is 16.3. The maximum Gasteiger partial charge on any atom is 0.340 e. The van der Waals surface area contributed by atoms with Crippen molar-refractivity contribution in [2.24, 2.45) is 0 Å². The van der Waals surface area contributed by atoms with Gasteiger partial charge in [-0.05, 0) is 30.4 Å². The summed E-state index contributed by atoms with van der Waals surface area (Å²) in [7, 11) is 0. The highest BCUT2D eigenvalue weighted by molar-refractivity contribution is 6.01. The molecule has 3 aromatic rings. The summed E-state index contributed by atoms with van der Waals surface area (Å²) in [5.41, 5.74) is 11.3. The van der Waals surface area contributed by atoms with Gasteiger partial charge in [0.25, 0.3) is 5.56 Å². The molecule has 0 saturated heterocycles. The number of esters is 1. The molecule has 4 aliphatic rings. The molecule has 0 radical (unpaired) electrons. The van der Waals surface area contributed by atoms with E-state index in [2.05, 4.69) is 0 Å². The van der Waals surface area contributed by atoms with E-state index in [-0.39, 0.29) is 19.0 Å². The van der Waals surface area contributed by atoms with Crippen molar-refractivity contribution in [1.29, 1.82) is 0 Å². The molecular formula is C22H17N3O6. The molecule has 1 unspecified atom stereocenters. The number of fused-ring (bicyclic) bond motifs is 6. The smallest absolute Gasteiger partial charge is 0.340 e. The zero-order chi connectivity index (χ0) is 21.0. The summed E-state index contributed by atoms with van der Waals surface area (Å²) in [5.74, 6) is 0.689. The van der Waals surface area contributed by atoms with Crippen molar-refractivity contribution >= 4 is 22.6 Å². The highest BCUT2D eigenvalue weighted by Gasteiger charge is 2.38. The minimum absolute atomic E-state index is 0.118. The number of carbonyl (C=O) groups excluding carboxylic acids is 1. The largest absolute Gasteiger partial charge is 0.458 e. The first kappa shape index (κ1) is 17.1. The molecule has 0 bridgehead atoms. The van der Waals surface area contributed by atoms with Gasteiger partial charge < -0.3 is 29.6 Å². The predicted molar refractivity (Wildman–Crippen MR) is 108 cm³/mol. The lowest BCUT2D eigenvalue weighted by molar-refractivity contribution is -0.157. The number of benzene rings is 1. The van der Waals surface area contributed by atoms with Gasteiger partial charge in [0.1, 0.15) is 6.61 Å². The summed E-state index contributed by atoms with van der Waals surface area (Å²) in [6, 6.07) is 3.52. The Kier molecular flexibility index (Phi) is 3.07. The monoisotopic (exact) mass is 419 g/mol. The number of aliphatic hydroxyl groups is 1. The van der Waals surface area contributed by atoms with E-state index >= 15 is 0 Å². The second-order valence-electron chi connectivity index (χ2n) is 8.41. The standard InChI is InChI=1S/C22H17N3O6/c23-17-16-12(4-14-20(17)31-7-30-14)24-18-10(15(16)8-1-2-8)5-25-13(18)3-9-11(21(25)27)6-29-22(28)19(9)26/h3-4,8,19,26H,1-2,5-7,23H2. The second kappa shape index (κ2) is 5.55. The number of nitrogens with zero attached hydrogens (tertiary/aromatic N) is 2. The Hall–Kier alpha value is -3.59. The van der Waals surface area contributed by atoms with Crippen molar-refractivity contribution in [3.63, 3.8) is 0 Å². The third-order valence-electron chi connectivity index (χ3n) is 6.65. The molecule has 31 heavy (non-hydrogen) atoms. The number of nitrogens with two attached hydrogens (primary N) is 1. The average molecular weight is 419 g/mol. The second-order valence-corrected chi connectivity index (χ2v) is 8.41. The van der Waals surface area contributed by atoms with Gasteiger partial charge in [-0.2, -0.15) is 0 Å². The van der Waals surface area contributed by atoms with Crippen molar-refractivity contribution in [2.75, 3.05) is 12.5 Å². The number of aliphatic hydroxyl groups excluding tert-OH is 1. The topological polar surface area (TPSA) is 126 Å². The molecule has 1 aromatic carbocycles. The fraction of sp³-hybridized carbons (Fsp3) is 0.318. The first-order chi connectivity index (χ1) is 15.0. The molecule has 1 aliphatic carbocycles. The number of hydrogen-bond acceptors (Lipinski definition) is 8. The number of cyclic esters (lactones) is 1. The van der Waals surface area contributed by atoms with Gasteiger partial charge in [-0.1, -0.05) is 0 Å². The lowest BCUT2D eigenvalue weighted by Crippen LogP contribution is -2.32. The van der Waals surface area contributed by atoms with Crippen LogP contribution in [0.2, 0.25) is 0 Å². The fourth-order valence-corrected chi connectivity index (χ4v) is 5.04. The zero-order valence-electron chi connectivity index (χ0n) is 16.3. The highest BCUT2D eigenvalue weighted by atomic mass is 16.7. The molecule has 1 saturated carbocycles. The van der Waals surface area contributed by atoms with E-state index < -0.39 is 12.1 Å². The number of carbonyl (C=O) groups is 1. The van der Waals surface area contributed by atoms with Gasteiger partial charge in [0, 0.05) is 22.6 Å². The van der Waals surface area contributed by atoms with E-state index in [9.17, 15) is 14.7 Å². The third kappa shape index (κ3) is 2.11. The Morgan fingerprint density at radius 3 is 2.77 bits per heavy atom. The van der Waals surface area contributed by atoms with Gasteiger partial charge in [0.15, 0.2) is 17.6 Å². The molecule has 156 valence electrons. The molecule has 7 rings (SSSR count). The Labute approximate surface area is 175 Å². The number of nitrogen functional groups attached to an aromatic ring is 1. The van der Waals surface area contributed by atoms with E-state index in [0.29, 0.717) is 57.7 Å². The van der Waals surface area contributed by atoms with Crippen molar-refractivity contribution in [2.45, 2.75) is 38.0 Å². The van der Waals surface area contributed by atoms with Crippen LogP contribution in [0.5, 0.6) is 11.5 Å². The molecule has 0 spiro atoms. The van der Waals surface area contributed by atoms with Gasteiger partial charge >= 0.3 is 5.97 Å². The van der Waals surface area contributed by atoms with Crippen molar-refractivity contribution < 1.29 is 24.1 Å². The summed E-state index contributed by atoms with van der Waals surface area (Å²) in [6.07, 6.45) is 0.615. The molecule has 9 nitrogen and oxygen atoms in total. The van der Waals surface area contributed by atoms with Gasteiger partial charge in [-0.25, -0.2) is 9.78 Å². The van der Waals surface area contributed by atoms with Gasteiger partial charge in [0.2, 0.25) is 6.79 Å². The summed E-state index contributed by atoms with van der Waals surface area (Å²) in [5, 5.41) is 11.2. The summed E-state index contributed by atoms with van der Waals surface area (Å²) >= 11 is 0. The molecule has 5 heterocycles. The molecule has 3 N–H and O–H groups in total. The van der Waals surface area contributed by atoms with Crippen molar-refractivity contribution in [3.8, 4) is 22.9 Å². The third-order valence-corrected chi connectivity index (χ3v) is 6.65. The molecule has 9 heteroatoms. The van der Waals surface area contributed by atoms with E-state index in [1.165, 1.54) is 0 Å². The van der Waals surface area contributed by atoms with Crippen LogP contribution in [0.15, 0.2) is 16.9 Å². The fourth-order valence-electron chi connectivity index (χ4n) is 5.04. The molecular weight excluding hydrogens is 402 g/mol. The number of hydrogen-bond donors (Lipinski definition) is 2. The predicted octanol–water partition coefficient (Wildman–Crippen LogP) is 1.70. The minimum Gasteiger partial charge on any atom is -0.458 e. The summed E-state index contributed by atoms with van der Waals surface area (Å²) in [6.45, 7) is 0.343. The molecule has 0 amide bonds. The maximum atomic E-state index is 13.2. The van der Waals surface area contributed by atoms with E-state index in [1.807, 2.05) is 6.07 Å². The summed E-state index contributed by atoms with van der Waals surface area (Å²) < 4.78 is 17.7. The van der Waals surface area contributed by atoms with Crippen LogP contribution < -0.4 is 20.8 Å². The highest BCUT2D eigenvalue weighted by Crippen LogP contribution is 2.53. The normalized spacial score (nSPS) is 20.4. The van der Waals surface area contributed by atoms with Crippen LogP contribution in [0, 0.1) is 0 Å². The number of rotatable bonds is 1. The number of anilines is 1. The quantitative estimate of drug-likeness (QED) is 0.353. The van der Waals surface area contributed by atoms with Gasteiger partial charge in [-0.3, -0.25) is 4.79 Å². The number of pyridine rings is 2. The van der Waals surface area contributed by atoms with E-state index in [4.69, 9.17) is 24.9 Å². The first-order valence-corrected chi connectivity index (χ1v) is 10.2. The Bertz CT molecular complexity index is 1420. The lowest BCUT2D eigenvalue weighted by Gasteiger charge is -2.21. The Balaban J connectivity index is 1.55. The van der Waals surface area contributed by atoms with E-state index in [1.54, 1.807) is 10.6 Å². The van der Waals surface area contributed by atoms with Crippen molar-refractivity contribution in [1.82, 2.24) is 9.55 Å². The Morgan fingerprint density at radius 2 is 1.97 bits per heavy atom. The van der Waals surface area contributed by atoms with Crippen LogP contribution in [0.3, 0.4) is 0 Å². The minimum atomic E-state index is -1.47. The molecule has 3 aliphatic heterocycles. The van der Waals surface area contributed by atoms with Crippen LogP contribution in [0.4, 0.5) is 5.69 Å².